The van der Waals surface area contributed by atoms with Gasteiger partial charge < -0.3 is 10.5 Å². The average Bonchev–Trinajstić information content (AvgIpc) is 2.40. The summed E-state index contributed by atoms with van der Waals surface area (Å²) in [4.78, 5) is 0. The van der Waals surface area contributed by atoms with Crippen molar-refractivity contribution >= 4 is 23.2 Å². The van der Waals surface area contributed by atoms with Crippen LogP contribution in [0.5, 0.6) is 5.75 Å². The first-order valence-electron chi connectivity index (χ1n) is 5.66. The third kappa shape index (κ3) is 3.18. The minimum atomic E-state index is -0.354. The number of ether oxygens (including phenoxy) is 1. The van der Waals surface area contributed by atoms with E-state index >= 15 is 0 Å². The molecule has 2 N–H and O–H groups in total. The van der Waals surface area contributed by atoms with Gasteiger partial charge in [0, 0.05) is 17.7 Å². The van der Waals surface area contributed by atoms with E-state index < -0.39 is 0 Å². The van der Waals surface area contributed by atoms with Crippen molar-refractivity contribution in [3.63, 3.8) is 0 Å². The number of hydrogen-bond donors (Lipinski definition) is 1. The van der Waals surface area contributed by atoms with Gasteiger partial charge in [0.15, 0.2) is 5.75 Å². The predicted molar refractivity (Wildman–Crippen MR) is 75.1 cm³/mol. The summed E-state index contributed by atoms with van der Waals surface area (Å²) in [6, 6.07) is 10.1. The lowest BCUT2D eigenvalue weighted by Crippen LogP contribution is -2.05. The molecule has 0 unspecified atom stereocenters. The fourth-order valence-corrected chi connectivity index (χ4v) is 2.18. The maximum absolute atomic E-state index is 14.0. The van der Waals surface area contributed by atoms with Crippen LogP contribution in [0.15, 0.2) is 36.4 Å². The summed E-state index contributed by atoms with van der Waals surface area (Å²) in [6.07, 6.45) is 0. The minimum absolute atomic E-state index is 0.0448. The minimum Gasteiger partial charge on any atom is -0.486 e. The van der Waals surface area contributed by atoms with Crippen LogP contribution in [0.4, 0.5) is 4.39 Å². The van der Waals surface area contributed by atoms with E-state index in [1.807, 2.05) is 0 Å². The molecule has 0 bridgehead atoms. The zero-order valence-electron chi connectivity index (χ0n) is 10.00. The second-order valence-corrected chi connectivity index (χ2v) is 4.75. The Labute approximate surface area is 120 Å². The van der Waals surface area contributed by atoms with Crippen LogP contribution in [0.2, 0.25) is 10.0 Å². The molecule has 0 aliphatic carbocycles. The Hall–Kier alpha value is -1.29. The fourth-order valence-electron chi connectivity index (χ4n) is 1.67. The van der Waals surface area contributed by atoms with E-state index in [9.17, 15) is 4.39 Å². The van der Waals surface area contributed by atoms with Gasteiger partial charge in [-0.15, -0.1) is 0 Å². The van der Waals surface area contributed by atoms with Crippen molar-refractivity contribution in [2.75, 3.05) is 0 Å². The molecule has 0 spiro atoms. The van der Waals surface area contributed by atoms with Crippen LogP contribution < -0.4 is 10.5 Å². The molecule has 2 aromatic carbocycles. The third-order valence-electron chi connectivity index (χ3n) is 2.67. The maximum Gasteiger partial charge on any atom is 0.156 e. The Kier molecular flexibility index (Phi) is 4.64. The van der Waals surface area contributed by atoms with Crippen LogP contribution >= 0.6 is 23.2 Å². The van der Waals surface area contributed by atoms with Crippen molar-refractivity contribution in [2.45, 2.75) is 13.2 Å². The van der Waals surface area contributed by atoms with Crippen molar-refractivity contribution < 1.29 is 9.13 Å². The molecule has 0 saturated heterocycles. The molecule has 19 heavy (non-hydrogen) atoms. The highest BCUT2D eigenvalue weighted by atomic mass is 35.5. The molecular formula is C14H12Cl2FNO. The molecule has 0 aromatic heterocycles. The fraction of sp³-hybridized carbons (Fsp3) is 0.143. The van der Waals surface area contributed by atoms with Gasteiger partial charge in [0.2, 0.25) is 0 Å². The number of hydrogen-bond acceptors (Lipinski definition) is 2. The molecule has 0 aliphatic heterocycles. The van der Waals surface area contributed by atoms with Crippen LogP contribution in [0, 0.1) is 5.82 Å². The molecule has 0 radical (unpaired) electrons. The molecule has 0 fully saturated rings. The van der Waals surface area contributed by atoms with Crippen LogP contribution in [0.25, 0.3) is 0 Å². The first-order chi connectivity index (χ1) is 9.13. The summed E-state index contributed by atoms with van der Waals surface area (Å²) in [5, 5.41) is 0.783. The van der Waals surface area contributed by atoms with E-state index in [-0.39, 0.29) is 19.0 Å². The van der Waals surface area contributed by atoms with Crippen molar-refractivity contribution in [2.24, 2.45) is 5.73 Å². The number of nitrogens with two attached hydrogens (primary N) is 1. The second-order valence-electron chi connectivity index (χ2n) is 3.93. The van der Waals surface area contributed by atoms with Gasteiger partial charge in [0.25, 0.3) is 0 Å². The molecule has 0 saturated carbocycles. The predicted octanol–water partition coefficient (Wildman–Crippen LogP) is 4.17. The van der Waals surface area contributed by atoms with Gasteiger partial charge in [-0.05, 0) is 12.1 Å². The number of benzene rings is 2. The standard InChI is InChI=1S/C14H12Cl2FNO/c15-11-5-2-6-12(16)14(11)19-8-10-4-1-3-9(7-18)13(10)17/h1-6H,7-8,18H2. The van der Waals surface area contributed by atoms with Crippen molar-refractivity contribution in [1.29, 1.82) is 0 Å². The molecule has 2 nitrogen and oxygen atoms in total. The van der Waals surface area contributed by atoms with E-state index in [4.69, 9.17) is 33.7 Å². The molecule has 2 rings (SSSR count). The average molecular weight is 300 g/mol. The van der Waals surface area contributed by atoms with Gasteiger partial charge in [-0.25, -0.2) is 4.39 Å². The molecule has 0 heterocycles. The summed E-state index contributed by atoms with van der Waals surface area (Å²) in [5.41, 5.74) is 6.32. The lowest BCUT2D eigenvalue weighted by atomic mass is 10.1. The highest BCUT2D eigenvalue weighted by Crippen LogP contribution is 2.33. The zero-order chi connectivity index (χ0) is 13.8. The van der Waals surface area contributed by atoms with E-state index in [1.54, 1.807) is 36.4 Å². The molecule has 0 atom stereocenters. The Morgan fingerprint density at radius 1 is 1.00 bits per heavy atom. The van der Waals surface area contributed by atoms with Crippen LogP contribution in [-0.2, 0) is 13.2 Å². The van der Waals surface area contributed by atoms with Gasteiger partial charge in [0.05, 0.1) is 10.0 Å². The third-order valence-corrected chi connectivity index (χ3v) is 3.26. The van der Waals surface area contributed by atoms with Gasteiger partial charge in [-0.1, -0.05) is 47.5 Å². The second kappa shape index (κ2) is 6.24. The van der Waals surface area contributed by atoms with Crippen LogP contribution in [-0.4, -0.2) is 0 Å². The summed E-state index contributed by atoms with van der Waals surface area (Å²) in [6.45, 7) is 0.190. The SMILES string of the molecule is NCc1cccc(COc2c(Cl)cccc2Cl)c1F. The van der Waals surface area contributed by atoms with Crippen LogP contribution in [0.3, 0.4) is 0 Å². The number of halogens is 3. The van der Waals surface area contributed by atoms with E-state index in [0.717, 1.165) is 0 Å². The Morgan fingerprint density at radius 2 is 1.58 bits per heavy atom. The zero-order valence-corrected chi connectivity index (χ0v) is 11.5. The van der Waals surface area contributed by atoms with Gasteiger partial charge in [-0.3, -0.25) is 0 Å². The highest BCUT2D eigenvalue weighted by Gasteiger charge is 2.10. The Bertz CT molecular complexity index is 569. The topological polar surface area (TPSA) is 35.2 Å². The molecule has 0 aliphatic rings. The van der Waals surface area contributed by atoms with Crippen molar-refractivity contribution in [3.05, 3.63) is 63.4 Å². The monoisotopic (exact) mass is 299 g/mol. The van der Waals surface area contributed by atoms with E-state index in [1.165, 1.54) is 0 Å². The van der Waals surface area contributed by atoms with Gasteiger partial charge in [-0.2, -0.15) is 0 Å². The lowest BCUT2D eigenvalue weighted by Gasteiger charge is -2.11. The first-order valence-corrected chi connectivity index (χ1v) is 6.42. The summed E-state index contributed by atoms with van der Waals surface area (Å²) in [5.74, 6) is -0.00318. The molecule has 100 valence electrons. The quantitative estimate of drug-likeness (QED) is 0.919. The van der Waals surface area contributed by atoms with E-state index in [2.05, 4.69) is 0 Å². The highest BCUT2D eigenvalue weighted by molar-refractivity contribution is 6.37. The van der Waals surface area contributed by atoms with Gasteiger partial charge in [0.1, 0.15) is 12.4 Å². The van der Waals surface area contributed by atoms with Crippen molar-refractivity contribution in [1.82, 2.24) is 0 Å². The number of para-hydroxylation sites is 1. The largest absolute Gasteiger partial charge is 0.486 e. The van der Waals surface area contributed by atoms with Crippen LogP contribution in [0.1, 0.15) is 11.1 Å². The Balaban J connectivity index is 2.19. The molecular weight excluding hydrogens is 288 g/mol. The number of rotatable bonds is 4. The normalized spacial score (nSPS) is 10.5. The van der Waals surface area contributed by atoms with E-state index in [0.29, 0.717) is 26.9 Å². The van der Waals surface area contributed by atoms with Crippen molar-refractivity contribution in [3.8, 4) is 5.75 Å². The smallest absolute Gasteiger partial charge is 0.156 e. The summed E-state index contributed by atoms with van der Waals surface area (Å²) < 4.78 is 19.4. The molecule has 0 amide bonds. The van der Waals surface area contributed by atoms with Gasteiger partial charge >= 0.3 is 0 Å². The summed E-state index contributed by atoms with van der Waals surface area (Å²) >= 11 is 11.9. The summed E-state index contributed by atoms with van der Waals surface area (Å²) in [7, 11) is 0. The Morgan fingerprint density at radius 3 is 2.21 bits per heavy atom. The maximum atomic E-state index is 14.0. The first kappa shape index (κ1) is 14.1. The lowest BCUT2D eigenvalue weighted by molar-refractivity contribution is 0.300. The molecule has 5 heteroatoms. The molecule has 2 aromatic rings.